The van der Waals surface area contributed by atoms with Crippen LogP contribution in [-0.2, 0) is 9.59 Å². The Kier molecular flexibility index (Phi) is 5.59. The summed E-state index contributed by atoms with van der Waals surface area (Å²) in [5, 5.41) is 4.53. The molecule has 4 N–H and O–H groups in total. The molecule has 5 nitrogen and oxygen atoms in total. The van der Waals surface area contributed by atoms with Gasteiger partial charge in [0, 0.05) is 12.0 Å². The minimum absolute atomic E-state index is 0.0235. The van der Waals surface area contributed by atoms with E-state index in [0.717, 1.165) is 18.9 Å². The van der Waals surface area contributed by atoms with Gasteiger partial charge in [0.05, 0.1) is 12.2 Å². The second-order valence-corrected chi connectivity index (χ2v) is 5.61. The third kappa shape index (κ3) is 4.44. The summed E-state index contributed by atoms with van der Waals surface area (Å²) in [4.78, 5) is 23.6. The van der Waals surface area contributed by atoms with E-state index in [1.165, 1.54) is 0 Å². The first kappa shape index (κ1) is 17.3. The first-order chi connectivity index (χ1) is 10.9. The molecule has 2 rings (SSSR count). The van der Waals surface area contributed by atoms with Crippen LogP contribution in [0.25, 0.3) is 0 Å². The fourth-order valence-electron chi connectivity index (χ4n) is 2.59. The number of anilines is 1. The number of benzene rings is 1. The van der Waals surface area contributed by atoms with Gasteiger partial charge < -0.3 is 16.4 Å². The lowest BCUT2D eigenvalue weighted by Gasteiger charge is -2.25. The molecule has 2 atom stereocenters. The van der Waals surface area contributed by atoms with Crippen LogP contribution < -0.4 is 16.4 Å². The molecule has 1 saturated carbocycles. The lowest BCUT2D eigenvalue weighted by molar-refractivity contribution is -0.128. The fraction of sp³-hybridized carbons (Fsp3) is 0.467. The van der Waals surface area contributed by atoms with Crippen molar-refractivity contribution in [2.75, 3.05) is 11.9 Å². The van der Waals surface area contributed by atoms with Crippen molar-refractivity contribution in [1.82, 2.24) is 5.32 Å². The zero-order valence-electron chi connectivity index (χ0n) is 12.4. The predicted molar refractivity (Wildman–Crippen MR) is 77.9 cm³/mol. The molecule has 126 valence electrons. The van der Waals surface area contributed by atoms with Crippen LogP contribution in [0.5, 0.6) is 0 Å². The third-order valence-electron chi connectivity index (χ3n) is 3.82. The lowest BCUT2D eigenvalue weighted by atomic mass is 9.85. The van der Waals surface area contributed by atoms with Crippen LogP contribution in [0.4, 0.5) is 18.9 Å². The molecule has 8 heteroatoms. The SMILES string of the molecule is NC1CCCC(C(=O)NCC(=O)Nc2ccc(F)c(F)c2F)C1. The molecular weight excluding hydrogens is 311 g/mol. The lowest BCUT2D eigenvalue weighted by Crippen LogP contribution is -2.40. The summed E-state index contributed by atoms with van der Waals surface area (Å²) in [7, 11) is 0. The molecule has 1 aliphatic rings. The second kappa shape index (κ2) is 7.45. The molecule has 2 amide bonds. The van der Waals surface area contributed by atoms with Gasteiger partial charge in [-0.1, -0.05) is 6.42 Å². The highest BCUT2D eigenvalue weighted by atomic mass is 19.2. The molecule has 0 aromatic heterocycles. The van der Waals surface area contributed by atoms with Gasteiger partial charge >= 0.3 is 0 Å². The van der Waals surface area contributed by atoms with E-state index in [9.17, 15) is 22.8 Å². The number of nitrogens with one attached hydrogen (secondary N) is 2. The fourth-order valence-corrected chi connectivity index (χ4v) is 2.59. The predicted octanol–water partition coefficient (Wildman–Crippen LogP) is 1.68. The van der Waals surface area contributed by atoms with E-state index in [1.807, 2.05) is 0 Å². The van der Waals surface area contributed by atoms with Crippen molar-refractivity contribution >= 4 is 17.5 Å². The summed E-state index contributed by atoms with van der Waals surface area (Å²) in [6, 6.07) is 1.59. The van der Waals surface area contributed by atoms with Crippen LogP contribution >= 0.6 is 0 Å². The van der Waals surface area contributed by atoms with Crippen molar-refractivity contribution in [1.29, 1.82) is 0 Å². The molecule has 2 unspecified atom stereocenters. The zero-order valence-corrected chi connectivity index (χ0v) is 12.4. The number of nitrogens with two attached hydrogens (primary N) is 1. The topological polar surface area (TPSA) is 84.2 Å². The largest absolute Gasteiger partial charge is 0.347 e. The summed E-state index contributed by atoms with van der Waals surface area (Å²) in [5.41, 5.74) is 5.31. The van der Waals surface area contributed by atoms with Gasteiger partial charge in [-0.3, -0.25) is 9.59 Å². The van der Waals surface area contributed by atoms with E-state index < -0.39 is 29.0 Å². The Morgan fingerprint density at radius 1 is 1.17 bits per heavy atom. The van der Waals surface area contributed by atoms with E-state index in [2.05, 4.69) is 10.6 Å². The molecule has 1 aromatic rings. The molecule has 0 bridgehead atoms. The Hall–Kier alpha value is -2.09. The summed E-state index contributed by atoms with van der Waals surface area (Å²) >= 11 is 0. The van der Waals surface area contributed by atoms with Gasteiger partial charge in [-0.05, 0) is 31.4 Å². The van der Waals surface area contributed by atoms with Crippen LogP contribution in [0.15, 0.2) is 12.1 Å². The summed E-state index contributed by atoms with van der Waals surface area (Å²) in [6.45, 7) is -0.386. The molecule has 0 radical (unpaired) electrons. The molecule has 23 heavy (non-hydrogen) atoms. The minimum Gasteiger partial charge on any atom is -0.347 e. The molecule has 0 saturated heterocycles. The van der Waals surface area contributed by atoms with Crippen molar-refractivity contribution in [3.05, 3.63) is 29.6 Å². The van der Waals surface area contributed by atoms with Crippen LogP contribution in [0.1, 0.15) is 25.7 Å². The highest BCUT2D eigenvalue weighted by Gasteiger charge is 2.25. The first-order valence-electron chi connectivity index (χ1n) is 7.35. The average Bonchev–Trinajstić information content (AvgIpc) is 2.53. The molecular formula is C15H18F3N3O2. The van der Waals surface area contributed by atoms with E-state index in [0.29, 0.717) is 18.9 Å². The highest BCUT2D eigenvalue weighted by Crippen LogP contribution is 2.23. The smallest absolute Gasteiger partial charge is 0.243 e. The van der Waals surface area contributed by atoms with Gasteiger partial charge in [0.25, 0.3) is 0 Å². The van der Waals surface area contributed by atoms with Crippen molar-refractivity contribution in [2.45, 2.75) is 31.7 Å². The minimum atomic E-state index is -1.66. The van der Waals surface area contributed by atoms with Crippen molar-refractivity contribution in [3.8, 4) is 0 Å². The molecule has 0 aliphatic heterocycles. The van der Waals surface area contributed by atoms with Crippen molar-refractivity contribution in [2.24, 2.45) is 11.7 Å². The van der Waals surface area contributed by atoms with Crippen LogP contribution in [-0.4, -0.2) is 24.4 Å². The van der Waals surface area contributed by atoms with Gasteiger partial charge in [-0.2, -0.15) is 0 Å². The molecule has 0 spiro atoms. The molecule has 1 aliphatic carbocycles. The maximum Gasteiger partial charge on any atom is 0.243 e. The van der Waals surface area contributed by atoms with E-state index in [-0.39, 0.29) is 24.4 Å². The number of carbonyl (C=O) groups is 2. The van der Waals surface area contributed by atoms with Gasteiger partial charge in [0.15, 0.2) is 17.5 Å². The Balaban J connectivity index is 1.85. The highest BCUT2D eigenvalue weighted by molar-refractivity contribution is 5.94. The van der Waals surface area contributed by atoms with E-state index >= 15 is 0 Å². The summed E-state index contributed by atoms with van der Waals surface area (Å²) < 4.78 is 39.3. The van der Waals surface area contributed by atoms with Gasteiger partial charge in [-0.25, -0.2) is 13.2 Å². The van der Waals surface area contributed by atoms with Crippen molar-refractivity contribution in [3.63, 3.8) is 0 Å². The number of amides is 2. The summed E-state index contributed by atoms with van der Waals surface area (Å²) in [5.74, 6) is -5.76. The standard InChI is InChI=1S/C15H18F3N3O2/c16-10-4-5-11(14(18)13(10)17)21-12(22)7-20-15(23)8-2-1-3-9(19)6-8/h4-5,8-9H,1-3,6-7,19H2,(H,20,23)(H,21,22). The van der Waals surface area contributed by atoms with Gasteiger partial charge in [0.2, 0.25) is 11.8 Å². The number of carbonyl (C=O) groups excluding carboxylic acids is 2. The van der Waals surface area contributed by atoms with Crippen LogP contribution in [0.2, 0.25) is 0 Å². The monoisotopic (exact) mass is 329 g/mol. The number of halogens is 3. The Morgan fingerprint density at radius 3 is 2.61 bits per heavy atom. The van der Waals surface area contributed by atoms with E-state index in [4.69, 9.17) is 5.73 Å². The van der Waals surface area contributed by atoms with E-state index in [1.54, 1.807) is 0 Å². The number of rotatable bonds is 4. The summed E-state index contributed by atoms with van der Waals surface area (Å²) in [6.07, 6.45) is 3.00. The quantitative estimate of drug-likeness (QED) is 0.735. The van der Waals surface area contributed by atoms with Gasteiger partial charge in [-0.15, -0.1) is 0 Å². The maximum atomic E-state index is 13.4. The third-order valence-corrected chi connectivity index (χ3v) is 3.82. The number of hydrogen-bond acceptors (Lipinski definition) is 3. The Labute approximate surface area is 131 Å². The van der Waals surface area contributed by atoms with Crippen molar-refractivity contribution < 1.29 is 22.8 Å². The Morgan fingerprint density at radius 2 is 1.91 bits per heavy atom. The van der Waals surface area contributed by atoms with Gasteiger partial charge in [0.1, 0.15) is 0 Å². The van der Waals surface area contributed by atoms with Crippen LogP contribution in [0, 0.1) is 23.4 Å². The van der Waals surface area contributed by atoms with Crippen LogP contribution in [0.3, 0.4) is 0 Å². The molecule has 1 fully saturated rings. The second-order valence-electron chi connectivity index (χ2n) is 5.61. The molecule has 1 aromatic carbocycles. The average molecular weight is 329 g/mol. The zero-order chi connectivity index (χ0) is 17.0. The first-order valence-corrected chi connectivity index (χ1v) is 7.35. The number of hydrogen-bond donors (Lipinski definition) is 3. The molecule has 0 heterocycles. The maximum absolute atomic E-state index is 13.4. The Bertz CT molecular complexity index is 610. The normalized spacial score (nSPS) is 20.9.